The fourth-order valence-corrected chi connectivity index (χ4v) is 2.54. The Morgan fingerprint density at radius 2 is 2.05 bits per heavy atom. The quantitative estimate of drug-likeness (QED) is 0.881. The number of rotatable bonds is 2. The topological polar surface area (TPSA) is 83.6 Å². The van der Waals surface area contributed by atoms with Gasteiger partial charge in [-0.1, -0.05) is 18.0 Å². The van der Waals surface area contributed by atoms with Crippen LogP contribution in [0.5, 0.6) is 0 Å². The van der Waals surface area contributed by atoms with Crippen molar-refractivity contribution in [3.05, 3.63) is 17.0 Å². The lowest BCUT2D eigenvalue weighted by molar-refractivity contribution is -0.142. The molecule has 1 N–H and O–H groups in total. The summed E-state index contributed by atoms with van der Waals surface area (Å²) in [5, 5.41) is 13.0. The van der Waals surface area contributed by atoms with E-state index in [0.29, 0.717) is 30.0 Å². The lowest BCUT2D eigenvalue weighted by Crippen LogP contribution is -2.45. The molecule has 0 spiro atoms. The monoisotopic (exact) mass is 266 g/mol. The predicted octanol–water partition coefficient (Wildman–Crippen LogP) is 1.76. The first kappa shape index (κ1) is 13.6. The standard InChI is InChI=1S/C13H18N2O4/c1-8-11(9(2)19-14-8)12(16)15-7-5-3-4-6-10(15)13(17)18/h10H,3-7H2,1-2H3,(H,17,18). The molecule has 2 heterocycles. The van der Waals surface area contributed by atoms with Crippen molar-refractivity contribution in [3.63, 3.8) is 0 Å². The molecule has 1 unspecified atom stereocenters. The molecule has 1 aliphatic rings. The van der Waals surface area contributed by atoms with E-state index in [-0.39, 0.29) is 5.91 Å². The van der Waals surface area contributed by atoms with Crippen molar-refractivity contribution in [2.45, 2.75) is 45.6 Å². The number of aliphatic carboxylic acids is 1. The molecule has 19 heavy (non-hydrogen) atoms. The average Bonchev–Trinajstić information content (AvgIpc) is 2.58. The number of amides is 1. The van der Waals surface area contributed by atoms with E-state index in [9.17, 15) is 14.7 Å². The number of carboxylic acids is 1. The SMILES string of the molecule is Cc1noc(C)c1C(=O)N1CCCCCC1C(=O)O. The second-order valence-corrected chi connectivity index (χ2v) is 4.90. The van der Waals surface area contributed by atoms with Gasteiger partial charge in [-0.15, -0.1) is 0 Å². The van der Waals surface area contributed by atoms with Gasteiger partial charge in [0.05, 0.1) is 5.69 Å². The zero-order chi connectivity index (χ0) is 14.0. The number of aryl methyl sites for hydroxylation is 2. The van der Waals surface area contributed by atoms with Gasteiger partial charge < -0.3 is 14.5 Å². The number of hydrogen-bond donors (Lipinski definition) is 1. The Morgan fingerprint density at radius 3 is 2.63 bits per heavy atom. The number of likely N-dealkylation sites (tertiary alicyclic amines) is 1. The van der Waals surface area contributed by atoms with E-state index in [0.717, 1.165) is 19.3 Å². The maximum Gasteiger partial charge on any atom is 0.326 e. The third-order valence-corrected chi connectivity index (χ3v) is 3.55. The second-order valence-electron chi connectivity index (χ2n) is 4.90. The highest BCUT2D eigenvalue weighted by Gasteiger charge is 2.33. The van der Waals surface area contributed by atoms with Crippen LogP contribution in [0.15, 0.2) is 4.52 Å². The molecule has 1 aliphatic heterocycles. The molecule has 0 radical (unpaired) electrons. The van der Waals surface area contributed by atoms with Gasteiger partial charge in [0.25, 0.3) is 5.91 Å². The van der Waals surface area contributed by atoms with Crippen LogP contribution in [-0.4, -0.2) is 39.6 Å². The van der Waals surface area contributed by atoms with Gasteiger partial charge in [-0.25, -0.2) is 4.79 Å². The molecule has 0 aromatic carbocycles. The number of aromatic nitrogens is 1. The second kappa shape index (κ2) is 5.42. The van der Waals surface area contributed by atoms with E-state index in [2.05, 4.69) is 5.16 Å². The van der Waals surface area contributed by atoms with E-state index in [1.165, 1.54) is 4.90 Å². The third-order valence-electron chi connectivity index (χ3n) is 3.55. The number of carbonyl (C=O) groups is 2. The van der Waals surface area contributed by atoms with Crippen LogP contribution in [0.4, 0.5) is 0 Å². The van der Waals surface area contributed by atoms with Gasteiger partial charge in [-0.05, 0) is 26.7 Å². The lowest BCUT2D eigenvalue weighted by Gasteiger charge is -2.26. The maximum atomic E-state index is 12.5. The minimum absolute atomic E-state index is 0.287. The lowest BCUT2D eigenvalue weighted by atomic mass is 10.1. The van der Waals surface area contributed by atoms with E-state index >= 15 is 0 Å². The summed E-state index contributed by atoms with van der Waals surface area (Å²) in [5.41, 5.74) is 0.907. The van der Waals surface area contributed by atoms with Gasteiger partial charge in [0, 0.05) is 6.54 Å². The Hall–Kier alpha value is -1.85. The number of carbonyl (C=O) groups excluding carboxylic acids is 1. The first-order chi connectivity index (χ1) is 9.02. The Balaban J connectivity index is 2.31. The third kappa shape index (κ3) is 2.62. The Morgan fingerprint density at radius 1 is 1.32 bits per heavy atom. The summed E-state index contributed by atoms with van der Waals surface area (Å²) >= 11 is 0. The molecule has 0 bridgehead atoms. The molecular formula is C13H18N2O4. The molecule has 0 saturated carbocycles. The summed E-state index contributed by atoms with van der Waals surface area (Å²) in [6, 6.07) is -0.747. The van der Waals surface area contributed by atoms with Crippen molar-refractivity contribution < 1.29 is 19.2 Å². The van der Waals surface area contributed by atoms with E-state index in [1.54, 1.807) is 13.8 Å². The van der Waals surface area contributed by atoms with Crippen LogP contribution >= 0.6 is 0 Å². The molecule has 1 aromatic rings. The number of hydrogen-bond acceptors (Lipinski definition) is 4. The van der Waals surface area contributed by atoms with Crippen LogP contribution in [0.1, 0.15) is 47.5 Å². The van der Waals surface area contributed by atoms with Crippen molar-refractivity contribution in [1.82, 2.24) is 10.1 Å². The molecule has 6 heteroatoms. The van der Waals surface area contributed by atoms with Gasteiger partial charge in [-0.3, -0.25) is 4.79 Å². The number of nitrogens with zero attached hydrogens (tertiary/aromatic N) is 2. The van der Waals surface area contributed by atoms with Crippen molar-refractivity contribution in [2.24, 2.45) is 0 Å². The maximum absolute atomic E-state index is 12.5. The van der Waals surface area contributed by atoms with Crippen LogP contribution < -0.4 is 0 Å². The Labute approximate surface area is 111 Å². The molecular weight excluding hydrogens is 248 g/mol. The first-order valence-corrected chi connectivity index (χ1v) is 6.49. The fourth-order valence-electron chi connectivity index (χ4n) is 2.54. The zero-order valence-corrected chi connectivity index (χ0v) is 11.2. The predicted molar refractivity (Wildman–Crippen MR) is 66.9 cm³/mol. The Bertz CT molecular complexity index is 475. The molecule has 2 rings (SSSR count). The van der Waals surface area contributed by atoms with E-state index in [1.807, 2.05) is 0 Å². The van der Waals surface area contributed by atoms with E-state index < -0.39 is 12.0 Å². The molecule has 1 aromatic heterocycles. The summed E-state index contributed by atoms with van der Waals surface area (Å²) in [6.45, 7) is 3.83. The Kier molecular flexibility index (Phi) is 3.87. The van der Waals surface area contributed by atoms with Crippen LogP contribution in [0.3, 0.4) is 0 Å². The summed E-state index contributed by atoms with van der Waals surface area (Å²) in [7, 11) is 0. The van der Waals surface area contributed by atoms with Gasteiger partial charge in [-0.2, -0.15) is 0 Å². The molecule has 104 valence electrons. The fraction of sp³-hybridized carbons (Fsp3) is 0.615. The van der Waals surface area contributed by atoms with E-state index in [4.69, 9.17) is 4.52 Å². The molecule has 1 saturated heterocycles. The van der Waals surface area contributed by atoms with Crippen LogP contribution in [0, 0.1) is 13.8 Å². The highest BCUT2D eigenvalue weighted by molar-refractivity contribution is 5.98. The van der Waals surface area contributed by atoms with Crippen molar-refractivity contribution in [1.29, 1.82) is 0 Å². The summed E-state index contributed by atoms with van der Waals surface area (Å²) in [6.07, 6.45) is 3.13. The highest BCUT2D eigenvalue weighted by atomic mass is 16.5. The van der Waals surface area contributed by atoms with Crippen molar-refractivity contribution in [2.75, 3.05) is 6.54 Å². The molecule has 1 amide bonds. The minimum Gasteiger partial charge on any atom is -0.480 e. The highest BCUT2D eigenvalue weighted by Crippen LogP contribution is 2.22. The smallest absolute Gasteiger partial charge is 0.326 e. The average molecular weight is 266 g/mol. The number of carboxylic acid groups (broad SMARTS) is 1. The zero-order valence-electron chi connectivity index (χ0n) is 11.2. The molecule has 6 nitrogen and oxygen atoms in total. The van der Waals surface area contributed by atoms with Gasteiger partial charge in [0.1, 0.15) is 17.4 Å². The van der Waals surface area contributed by atoms with Crippen LogP contribution in [0.25, 0.3) is 0 Å². The van der Waals surface area contributed by atoms with Gasteiger partial charge in [0.2, 0.25) is 0 Å². The van der Waals surface area contributed by atoms with Crippen molar-refractivity contribution in [3.8, 4) is 0 Å². The molecule has 1 fully saturated rings. The molecule has 1 atom stereocenters. The van der Waals surface area contributed by atoms with Crippen LogP contribution in [-0.2, 0) is 4.79 Å². The normalized spacial score (nSPS) is 20.1. The summed E-state index contributed by atoms with van der Waals surface area (Å²) < 4.78 is 4.99. The summed E-state index contributed by atoms with van der Waals surface area (Å²) in [5.74, 6) is -0.788. The van der Waals surface area contributed by atoms with Gasteiger partial charge >= 0.3 is 5.97 Å². The van der Waals surface area contributed by atoms with Crippen molar-refractivity contribution >= 4 is 11.9 Å². The largest absolute Gasteiger partial charge is 0.480 e. The molecule has 0 aliphatic carbocycles. The van der Waals surface area contributed by atoms with Gasteiger partial charge in [0.15, 0.2) is 0 Å². The minimum atomic E-state index is -0.943. The summed E-state index contributed by atoms with van der Waals surface area (Å²) in [4.78, 5) is 25.3. The van der Waals surface area contributed by atoms with Crippen LogP contribution in [0.2, 0.25) is 0 Å². The first-order valence-electron chi connectivity index (χ1n) is 6.49.